The van der Waals surface area contributed by atoms with Gasteiger partial charge in [-0.1, -0.05) is 48.5 Å². The molecule has 0 radical (unpaired) electrons. The highest BCUT2D eigenvalue weighted by Gasteiger charge is 2.64. The van der Waals surface area contributed by atoms with Gasteiger partial charge in [-0.2, -0.15) is 0 Å². The summed E-state index contributed by atoms with van der Waals surface area (Å²) in [5, 5.41) is 1.94. The van der Waals surface area contributed by atoms with Gasteiger partial charge < -0.3 is 9.47 Å². The molecule has 0 spiro atoms. The van der Waals surface area contributed by atoms with Gasteiger partial charge in [0.05, 0.1) is 43.2 Å². The highest BCUT2D eigenvalue weighted by molar-refractivity contribution is 6.02. The van der Waals surface area contributed by atoms with Crippen LogP contribution in [0.5, 0.6) is 0 Å². The molecule has 0 unspecified atom stereocenters. The van der Waals surface area contributed by atoms with Crippen LogP contribution in [0.3, 0.4) is 0 Å². The summed E-state index contributed by atoms with van der Waals surface area (Å²) in [6.45, 7) is 0. The molecule has 0 N–H and O–H groups in total. The van der Waals surface area contributed by atoms with Gasteiger partial charge in [-0.25, -0.2) is 14.7 Å². The van der Waals surface area contributed by atoms with Gasteiger partial charge in [0.1, 0.15) is 0 Å². The first-order valence-corrected chi connectivity index (χ1v) is 10.1. The van der Waals surface area contributed by atoms with Crippen molar-refractivity contribution in [2.75, 3.05) is 19.3 Å². The van der Waals surface area contributed by atoms with E-state index in [1.807, 2.05) is 53.6 Å². The Balaban J connectivity index is 1.62. The van der Waals surface area contributed by atoms with Crippen molar-refractivity contribution >= 4 is 17.6 Å². The molecule has 3 aliphatic rings. The van der Waals surface area contributed by atoms with E-state index < -0.39 is 11.9 Å². The monoisotopic (exact) mass is 405 g/mol. The average molecular weight is 405 g/mol. The van der Waals surface area contributed by atoms with Crippen LogP contribution in [0.2, 0.25) is 0 Å². The molecule has 154 valence electrons. The summed E-state index contributed by atoms with van der Waals surface area (Å²) in [6, 6.07) is 20.0. The molecule has 0 amide bonds. The first-order chi connectivity index (χ1) is 14.7. The predicted molar refractivity (Wildman–Crippen MR) is 109 cm³/mol. The third-order valence-electron chi connectivity index (χ3n) is 6.60. The Bertz CT molecular complexity index is 1000. The van der Waals surface area contributed by atoms with Crippen LogP contribution in [-0.2, 0) is 23.9 Å². The van der Waals surface area contributed by atoms with Crippen molar-refractivity contribution in [3.63, 3.8) is 0 Å². The lowest BCUT2D eigenvalue weighted by molar-refractivity contribution is -0.140. The van der Waals surface area contributed by atoms with E-state index >= 15 is 0 Å². The third kappa shape index (κ3) is 2.67. The van der Waals surface area contributed by atoms with E-state index in [2.05, 4.69) is 12.1 Å². The van der Waals surface area contributed by atoms with Crippen molar-refractivity contribution in [2.24, 2.45) is 17.8 Å². The maximum absolute atomic E-state index is 12.7. The van der Waals surface area contributed by atoms with Crippen molar-refractivity contribution in [2.45, 2.75) is 18.6 Å². The number of ether oxygens (including phenoxy) is 2. The number of carbonyl (C=O) groups is 2. The molecule has 1 saturated carbocycles. The summed E-state index contributed by atoms with van der Waals surface area (Å²) in [4.78, 5) is 31.7. The lowest BCUT2D eigenvalue weighted by Gasteiger charge is -2.30. The fourth-order valence-electron chi connectivity index (χ4n) is 5.50. The Hall–Kier alpha value is -3.12. The minimum atomic E-state index is -0.473. The van der Waals surface area contributed by atoms with Gasteiger partial charge in [-0.05, 0) is 24.1 Å². The number of rotatable bonds is 4. The second-order valence-corrected chi connectivity index (χ2v) is 7.92. The Morgan fingerprint density at radius 1 is 0.867 bits per heavy atom. The van der Waals surface area contributed by atoms with Crippen LogP contribution < -0.4 is 5.06 Å². The van der Waals surface area contributed by atoms with Gasteiger partial charge >= 0.3 is 11.9 Å². The number of hydroxylamine groups is 1. The molecular weight excluding hydrogens is 382 g/mol. The largest absolute Gasteiger partial charge is 0.466 e. The molecule has 5 atom stereocenters. The van der Waals surface area contributed by atoms with Gasteiger partial charge in [0.25, 0.3) is 0 Å². The SMILES string of the molecule is COC(=O)C1=C(C(=O)OC)[C@@H]2C[C@H]1[C@@H]1[C@@H]2ON(c2ccccc2)[C@@H]1c1ccccc1. The molecule has 2 aromatic carbocycles. The van der Waals surface area contributed by atoms with Crippen molar-refractivity contribution in [3.8, 4) is 0 Å². The summed E-state index contributed by atoms with van der Waals surface area (Å²) in [6.07, 6.45) is 0.485. The summed E-state index contributed by atoms with van der Waals surface area (Å²) < 4.78 is 10.1. The zero-order chi connectivity index (χ0) is 20.8. The maximum Gasteiger partial charge on any atom is 0.334 e. The summed E-state index contributed by atoms with van der Waals surface area (Å²) in [5.74, 6) is -1.22. The second-order valence-electron chi connectivity index (χ2n) is 7.92. The zero-order valence-corrected chi connectivity index (χ0v) is 16.9. The first kappa shape index (κ1) is 18.9. The predicted octanol–water partition coefficient (Wildman–Crippen LogP) is 3.46. The Morgan fingerprint density at radius 2 is 1.43 bits per heavy atom. The molecule has 2 aromatic rings. The standard InChI is InChI=1S/C24H23NO5/c1-28-23(26)18-16-13-17(19(18)24(27)29-2)22-20(16)21(14-9-5-3-6-10-14)25(30-22)15-11-7-4-8-12-15/h3-12,16-17,20-22H,13H2,1-2H3/t16-,17+,20+,21-,22-/m1/s1. The lowest BCUT2D eigenvalue weighted by Crippen LogP contribution is -2.34. The maximum atomic E-state index is 12.7. The van der Waals surface area contributed by atoms with E-state index in [4.69, 9.17) is 14.3 Å². The number of hydrogen-bond donors (Lipinski definition) is 0. The third-order valence-corrected chi connectivity index (χ3v) is 6.60. The van der Waals surface area contributed by atoms with Gasteiger partial charge in [-0.3, -0.25) is 4.84 Å². The molecule has 2 aliphatic carbocycles. The normalized spacial score (nSPS) is 29.1. The van der Waals surface area contributed by atoms with Gasteiger partial charge in [0.2, 0.25) is 0 Å². The number of nitrogens with zero attached hydrogens (tertiary/aromatic N) is 1. The number of hydrogen-bond acceptors (Lipinski definition) is 6. The van der Waals surface area contributed by atoms with Crippen molar-refractivity contribution in [1.29, 1.82) is 0 Å². The number of methoxy groups -OCH3 is 2. The van der Waals surface area contributed by atoms with Crippen molar-refractivity contribution in [1.82, 2.24) is 0 Å². The Kier molecular flexibility index (Phi) is 4.59. The zero-order valence-electron chi connectivity index (χ0n) is 16.9. The number of esters is 2. The Morgan fingerprint density at radius 3 is 2.03 bits per heavy atom. The second kappa shape index (κ2) is 7.29. The van der Waals surface area contributed by atoms with Crippen LogP contribution in [0.25, 0.3) is 0 Å². The smallest absolute Gasteiger partial charge is 0.334 e. The van der Waals surface area contributed by atoms with Gasteiger partial charge in [0, 0.05) is 17.8 Å². The van der Waals surface area contributed by atoms with E-state index in [9.17, 15) is 9.59 Å². The molecule has 1 saturated heterocycles. The van der Waals surface area contributed by atoms with E-state index in [0.29, 0.717) is 17.6 Å². The fraction of sp³-hybridized carbons (Fsp3) is 0.333. The molecule has 0 aromatic heterocycles. The average Bonchev–Trinajstić information content (AvgIpc) is 3.48. The van der Waals surface area contributed by atoms with E-state index in [-0.39, 0.29) is 29.9 Å². The van der Waals surface area contributed by atoms with Gasteiger partial charge in [-0.15, -0.1) is 0 Å². The van der Waals surface area contributed by atoms with Crippen LogP contribution in [0, 0.1) is 17.8 Å². The number of benzene rings is 2. The van der Waals surface area contributed by atoms with Gasteiger partial charge in [0.15, 0.2) is 0 Å². The van der Waals surface area contributed by atoms with E-state index in [1.54, 1.807) is 0 Å². The summed E-state index contributed by atoms with van der Waals surface area (Å²) >= 11 is 0. The van der Waals surface area contributed by atoms with E-state index in [1.165, 1.54) is 14.2 Å². The van der Waals surface area contributed by atoms with Crippen LogP contribution in [0.15, 0.2) is 71.8 Å². The highest BCUT2D eigenvalue weighted by atomic mass is 16.7. The Labute approximate surface area is 175 Å². The molecule has 6 heteroatoms. The minimum Gasteiger partial charge on any atom is -0.466 e. The minimum absolute atomic E-state index is 0.0279. The van der Waals surface area contributed by atoms with Crippen LogP contribution in [0.1, 0.15) is 18.0 Å². The molecule has 30 heavy (non-hydrogen) atoms. The number of para-hydroxylation sites is 1. The van der Waals surface area contributed by atoms with Crippen LogP contribution >= 0.6 is 0 Å². The summed E-state index contributed by atoms with van der Waals surface area (Å²) in [7, 11) is 2.69. The molecule has 1 aliphatic heterocycles. The quantitative estimate of drug-likeness (QED) is 0.726. The topological polar surface area (TPSA) is 65.1 Å². The van der Waals surface area contributed by atoms with Crippen LogP contribution in [-0.4, -0.2) is 32.3 Å². The molecule has 6 nitrogen and oxygen atoms in total. The molecule has 2 fully saturated rings. The number of fused-ring (bicyclic) bond motifs is 5. The lowest BCUT2D eigenvalue weighted by atomic mass is 9.76. The number of anilines is 1. The number of carbonyl (C=O) groups excluding carboxylic acids is 2. The summed E-state index contributed by atoms with van der Waals surface area (Å²) in [5.41, 5.74) is 2.93. The fourth-order valence-corrected chi connectivity index (χ4v) is 5.50. The molecular formula is C24H23NO5. The molecule has 2 bridgehead atoms. The first-order valence-electron chi connectivity index (χ1n) is 10.1. The molecule has 5 rings (SSSR count). The van der Waals surface area contributed by atoms with Crippen molar-refractivity contribution in [3.05, 3.63) is 77.4 Å². The van der Waals surface area contributed by atoms with Crippen LogP contribution in [0.4, 0.5) is 5.69 Å². The van der Waals surface area contributed by atoms with Crippen molar-refractivity contribution < 1.29 is 23.9 Å². The van der Waals surface area contributed by atoms with E-state index in [0.717, 1.165) is 11.3 Å². The highest BCUT2D eigenvalue weighted by Crippen LogP contribution is 2.62. The molecule has 1 heterocycles.